The SMILES string of the molecule is [N-]=[N+]=Nc1cc(CN)cc(CS)c1. The quantitative estimate of drug-likeness (QED) is 0.330. The molecule has 0 aliphatic rings. The Morgan fingerprint density at radius 2 is 2.08 bits per heavy atom. The van der Waals surface area contributed by atoms with Crippen LogP contribution in [0.2, 0.25) is 0 Å². The molecule has 1 rings (SSSR count). The van der Waals surface area contributed by atoms with Gasteiger partial charge in [0.1, 0.15) is 0 Å². The Kier molecular flexibility index (Phi) is 3.64. The minimum absolute atomic E-state index is 0.440. The van der Waals surface area contributed by atoms with Gasteiger partial charge in [0.15, 0.2) is 0 Å². The summed E-state index contributed by atoms with van der Waals surface area (Å²) in [4.78, 5) is 2.72. The molecule has 2 N–H and O–H groups in total. The minimum Gasteiger partial charge on any atom is -0.326 e. The lowest BCUT2D eigenvalue weighted by molar-refractivity contribution is 1.06. The van der Waals surface area contributed by atoms with E-state index in [9.17, 15) is 0 Å². The molecule has 0 unspecified atom stereocenters. The number of nitrogens with two attached hydrogens (primary N) is 1. The fourth-order valence-corrected chi connectivity index (χ4v) is 1.24. The fraction of sp³-hybridized carbons (Fsp3) is 0.250. The van der Waals surface area contributed by atoms with Crippen LogP contribution in [0.25, 0.3) is 10.4 Å². The van der Waals surface area contributed by atoms with Gasteiger partial charge in [-0.2, -0.15) is 12.6 Å². The summed E-state index contributed by atoms with van der Waals surface area (Å²) in [5, 5.41) is 3.51. The zero-order valence-corrected chi connectivity index (χ0v) is 7.91. The maximum Gasteiger partial charge on any atom is 0.0381 e. The highest BCUT2D eigenvalue weighted by Crippen LogP contribution is 2.18. The number of nitrogens with zero attached hydrogens (tertiary/aromatic N) is 3. The van der Waals surface area contributed by atoms with Crippen LogP contribution in [0.1, 0.15) is 11.1 Å². The summed E-state index contributed by atoms with van der Waals surface area (Å²) in [5.74, 6) is 0.613. The number of benzene rings is 1. The third-order valence-corrected chi connectivity index (χ3v) is 1.98. The highest BCUT2D eigenvalue weighted by atomic mass is 32.1. The highest BCUT2D eigenvalue weighted by Gasteiger charge is 1.97. The minimum atomic E-state index is 0.440. The van der Waals surface area contributed by atoms with Gasteiger partial charge in [0, 0.05) is 22.9 Å². The Bertz CT molecular complexity index is 322. The number of hydrogen-bond acceptors (Lipinski definition) is 3. The van der Waals surface area contributed by atoms with E-state index in [1.165, 1.54) is 0 Å². The Hall–Kier alpha value is -1.16. The van der Waals surface area contributed by atoms with Crippen LogP contribution in [0.3, 0.4) is 0 Å². The van der Waals surface area contributed by atoms with Crippen molar-refractivity contribution in [2.45, 2.75) is 12.3 Å². The molecule has 0 aromatic heterocycles. The lowest BCUT2D eigenvalue weighted by Gasteiger charge is -2.02. The summed E-state index contributed by atoms with van der Waals surface area (Å²) in [6.07, 6.45) is 0. The molecular weight excluding hydrogens is 184 g/mol. The molecule has 0 spiro atoms. The second-order valence-corrected chi connectivity index (χ2v) is 2.88. The number of hydrogen-bond donors (Lipinski definition) is 2. The van der Waals surface area contributed by atoms with Gasteiger partial charge < -0.3 is 5.73 Å². The summed E-state index contributed by atoms with van der Waals surface area (Å²) in [5.41, 5.74) is 16.3. The predicted molar refractivity (Wildman–Crippen MR) is 55.8 cm³/mol. The zero-order chi connectivity index (χ0) is 9.68. The Balaban J connectivity index is 3.14. The van der Waals surface area contributed by atoms with E-state index in [0.717, 1.165) is 11.1 Å². The van der Waals surface area contributed by atoms with Gasteiger partial charge in [-0.1, -0.05) is 11.2 Å². The molecule has 1 aromatic rings. The first-order valence-electron chi connectivity index (χ1n) is 3.79. The van der Waals surface area contributed by atoms with Crippen LogP contribution in [-0.4, -0.2) is 0 Å². The smallest absolute Gasteiger partial charge is 0.0381 e. The number of rotatable bonds is 3. The Labute approximate surface area is 81.8 Å². The Morgan fingerprint density at radius 1 is 1.38 bits per heavy atom. The topological polar surface area (TPSA) is 74.8 Å². The first-order valence-corrected chi connectivity index (χ1v) is 4.42. The lowest BCUT2D eigenvalue weighted by Crippen LogP contribution is -1.96. The molecular formula is C8H10N4S. The van der Waals surface area contributed by atoms with Crippen molar-refractivity contribution in [3.63, 3.8) is 0 Å². The third kappa shape index (κ3) is 2.66. The van der Waals surface area contributed by atoms with E-state index >= 15 is 0 Å². The maximum atomic E-state index is 8.25. The molecule has 0 atom stereocenters. The van der Waals surface area contributed by atoms with Crippen molar-refractivity contribution < 1.29 is 0 Å². The van der Waals surface area contributed by atoms with Crippen molar-refractivity contribution in [2.24, 2.45) is 10.8 Å². The van der Waals surface area contributed by atoms with E-state index in [0.29, 0.717) is 18.0 Å². The molecule has 0 aliphatic carbocycles. The molecule has 0 bridgehead atoms. The van der Waals surface area contributed by atoms with Crippen LogP contribution < -0.4 is 5.73 Å². The normalized spacial score (nSPS) is 9.38. The second kappa shape index (κ2) is 4.77. The average molecular weight is 194 g/mol. The largest absolute Gasteiger partial charge is 0.326 e. The van der Waals surface area contributed by atoms with E-state index in [-0.39, 0.29) is 0 Å². The standard InChI is InChI=1S/C8H10N4S/c9-4-6-1-7(5-13)3-8(2-6)11-12-10/h1-3,13H,4-5,9H2. The van der Waals surface area contributed by atoms with Gasteiger partial charge in [0.05, 0.1) is 0 Å². The molecule has 0 radical (unpaired) electrons. The molecule has 5 heteroatoms. The van der Waals surface area contributed by atoms with Gasteiger partial charge in [-0.3, -0.25) is 0 Å². The highest BCUT2D eigenvalue weighted by molar-refractivity contribution is 7.79. The monoisotopic (exact) mass is 194 g/mol. The van der Waals surface area contributed by atoms with E-state index in [1.54, 1.807) is 12.1 Å². The van der Waals surface area contributed by atoms with Crippen LogP contribution in [0.4, 0.5) is 5.69 Å². The van der Waals surface area contributed by atoms with Crippen LogP contribution >= 0.6 is 12.6 Å². The number of thiol groups is 1. The summed E-state index contributed by atoms with van der Waals surface area (Å²) in [7, 11) is 0. The Morgan fingerprint density at radius 3 is 2.62 bits per heavy atom. The molecule has 0 amide bonds. The molecule has 68 valence electrons. The second-order valence-electron chi connectivity index (χ2n) is 2.56. The van der Waals surface area contributed by atoms with Crippen molar-refractivity contribution >= 4 is 18.3 Å². The van der Waals surface area contributed by atoms with Crippen molar-refractivity contribution in [1.82, 2.24) is 0 Å². The summed E-state index contributed by atoms with van der Waals surface area (Å²) in [6, 6.07) is 5.52. The van der Waals surface area contributed by atoms with Gasteiger partial charge in [0.2, 0.25) is 0 Å². The van der Waals surface area contributed by atoms with Crippen molar-refractivity contribution in [3.05, 3.63) is 39.8 Å². The van der Waals surface area contributed by atoms with E-state index < -0.39 is 0 Å². The van der Waals surface area contributed by atoms with Gasteiger partial charge in [0.25, 0.3) is 0 Å². The van der Waals surface area contributed by atoms with Gasteiger partial charge in [-0.05, 0) is 28.8 Å². The molecule has 4 nitrogen and oxygen atoms in total. The lowest BCUT2D eigenvalue weighted by atomic mass is 10.1. The fourth-order valence-electron chi connectivity index (χ4n) is 1.06. The summed E-state index contributed by atoms with van der Waals surface area (Å²) < 4.78 is 0. The van der Waals surface area contributed by atoms with Crippen LogP contribution in [-0.2, 0) is 12.3 Å². The molecule has 1 aromatic carbocycles. The van der Waals surface area contributed by atoms with Crippen LogP contribution in [0, 0.1) is 0 Å². The van der Waals surface area contributed by atoms with Gasteiger partial charge in [-0.25, -0.2) is 0 Å². The van der Waals surface area contributed by atoms with Crippen molar-refractivity contribution in [1.29, 1.82) is 0 Å². The van der Waals surface area contributed by atoms with Gasteiger partial charge >= 0.3 is 0 Å². The van der Waals surface area contributed by atoms with Crippen LogP contribution in [0.15, 0.2) is 23.3 Å². The third-order valence-electron chi connectivity index (χ3n) is 1.62. The number of azide groups is 1. The van der Waals surface area contributed by atoms with Crippen molar-refractivity contribution in [3.8, 4) is 0 Å². The van der Waals surface area contributed by atoms with Gasteiger partial charge in [-0.15, -0.1) is 0 Å². The molecule has 13 heavy (non-hydrogen) atoms. The van der Waals surface area contributed by atoms with E-state index in [4.69, 9.17) is 11.3 Å². The first-order chi connectivity index (χ1) is 6.30. The first kappa shape index (κ1) is 9.92. The average Bonchev–Trinajstić information content (AvgIpc) is 2.17. The molecule has 0 fully saturated rings. The van der Waals surface area contributed by atoms with Crippen LogP contribution in [0.5, 0.6) is 0 Å². The molecule has 0 saturated heterocycles. The van der Waals surface area contributed by atoms with E-state index in [2.05, 4.69) is 22.7 Å². The summed E-state index contributed by atoms with van der Waals surface area (Å²) in [6.45, 7) is 0.440. The molecule has 0 saturated carbocycles. The van der Waals surface area contributed by atoms with Crippen molar-refractivity contribution in [2.75, 3.05) is 0 Å². The zero-order valence-electron chi connectivity index (χ0n) is 7.01. The maximum absolute atomic E-state index is 8.25. The predicted octanol–water partition coefficient (Wildman–Crippen LogP) is 2.52. The molecule has 0 heterocycles. The molecule has 0 aliphatic heterocycles. The van der Waals surface area contributed by atoms with E-state index in [1.807, 2.05) is 6.07 Å². The summed E-state index contributed by atoms with van der Waals surface area (Å²) >= 11 is 4.14.